The number of hydrogen-bond acceptors (Lipinski definition) is 4. The molecule has 0 aliphatic carbocycles. The molecule has 0 saturated carbocycles. The Morgan fingerprint density at radius 3 is 2.71 bits per heavy atom. The summed E-state index contributed by atoms with van der Waals surface area (Å²) in [4.78, 5) is 33.0. The molecular formula is C11H18N4O2. The minimum Gasteiger partial charge on any atom is -0.347 e. The van der Waals surface area contributed by atoms with Crippen molar-refractivity contribution in [3.05, 3.63) is 22.7 Å². The molecule has 0 fully saturated rings. The average molecular weight is 238 g/mol. The molecule has 0 bridgehead atoms. The van der Waals surface area contributed by atoms with Gasteiger partial charge in [-0.25, -0.2) is 4.98 Å². The fourth-order valence-electron chi connectivity index (χ4n) is 1.40. The lowest BCUT2D eigenvalue weighted by Gasteiger charge is -2.23. The summed E-state index contributed by atoms with van der Waals surface area (Å²) in [5.41, 5.74) is -0.271. The quantitative estimate of drug-likeness (QED) is 0.788. The first kappa shape index (κ1) is 13.2. The molecule has 0 unspecified atom stereocenters. The van der Waals surface area contributed by atoms with Crippen LogP contribution in [0.5, 0.6) is 0 Å². The van der Waals surface area contributed by atoms with E-state index in [9.17, 15) is 9.59 Å². The van der Waals surface area contributed by atoms with Crippen molar-refractivity contribution in [2.24, 2.45) is 0 Å². The minimum atomic E-state index is -0.271. The number of nitrogens with one attached hydrogen (secondary N) is 1. The lowest BCUT2D eigenvalue weighted by Crippen LogP contribution is -2.40. The summed E-state index contributed by atoms with van der Waals surface area (Å²) in [5.74, 6) is 0.244. The minimum absolute atomic E-state index is 0.0523. The number of aromatic nitrogens is 2. The molecule has 1 N–H and O–H groups in total. The molecule has 94 valence electrons. The third-order valence-electron chi connectivity index (χ3n) is 2.31. The number of aromatic amines is 1. The highest BCUT2D eigenvalue weighted by Gasteiger charge is 2.15. The maximum absolute atomic E-state index is 11.7. The van der Waals surface area contributed by atoms with Crippen molar-refractivity contribution in [1.82, 2.24) is 14.9 Å². The number of nitrogens with zero attached hydrogens (tertiary/aromatic N) is 3. The SMILES string of the molecule is CCCN(CC(=O)N(C)C)c1ncc[nH]c1=O. The first-order valence-corrected chi connectivity index (χ1v) is 5.55. The second-order valence-corrected chi connectivity index (χ2v) is 3.95. The second-order valence-electron chi connectivity index (χ2n) is 3.95. The molecule has 6 nitrogen and oxygen atoms in total. The number of H-pyrrole nitrogens is 1. The number of amides is 1. The van der Waals surface area contributed by atoms with E-state index in [4.69, 9.17) is 0 Å². The molecule has 0 aliphatic heterocycles. The van der Waals surface area contributed by atoms with Crippen molar-refractivity contribution in [2.45, 2.75) is 13.3 Å². The van der Waals surface area contributed by atoms with E-state index < -0.39 is 0 Å². The molecule has 0 saturated heterocycles. The zero-order valence-electron chi connectivity index (χ0n) is 10.4. The van der Waals surface area contributed by atoms with Gasteiger partial charge in [0.15, 0.2) is 5.82 Å². The van der Waals surface area contributed by atoms with Gasteiger partial charge in [0, 0.05) is 33.0 Å². The van der Waals surface area contributed by atoms with Gasteiger partial charge in [0.05, 0.1) is 6.54 Å². The molecular weight excluding hydrogens is 220 g/mol. The Hall–Kier alpha value is -1.85. The number of rotatable bonds is 5. The van der Waals surface area contributed by atoms with Gasteiger partial charge in [0.1, 0.15) is 0 Å². The normalized spacial score (nSPS) is 10.1. The maximum atomic E-state index is 11.7. The topological polar surface area (TPSA) is 69.3 Å². The summed E-state index contributed by atoms with van der Waals surface area (Å²) >= 11 is 0. The van der Waals surface area contributed by atoms with Gasteiger partial charge in [-0.2, -0.15) is 0 Å². The number of hydrogen-bond donors (Lipinski definition) is 1. The zero-order valence-corrected chi connectivity index (χ0v) is 10.4. The van der Waals surface area contributed by atoms with Crippen LogP contribution in [-0.4, -0.2) is 48.0 Å². The van der Waals surface area contributed by atoms with Gasteiger partial charge < -0.3 is 14.8 Å². The Morgan fingerprint density at radius 1 is 1.47 bits per heavy atom. The molecule has 1 rings (SSSR count). The fraction of sp³-hybridized carbons (Fsp3) is 0.545. The summed E-state index contributed by atoms with van der Waals surface area (Å²) < 4.78 is 0. The first-order valence-electron chi connectivity index (χ1n) is 5.55. The Morgan fingerprint density at radius 2 is 2.18 bits per heavy atom. The number of carbonyl (C=O) groups excluding carboxylic acids is 1. The van der Waals surface area contributed by atoms with Crippen LogP contribution in [0.3, 0.4) is 0 Å². The molecule has 6 heteroatoms. The van der Waals surface area contributed by atoms with E-state index in [1.54, 1.807) is 19.0 Å². The molecule has 0 radical (unpaired) electrons. The second kappa shape index (κ2) is 6.03. The number of anilines is 1. The lowest BCUT2D eigenvalue weighted by atomic mass is 10.3. The van der Waals surface area contributed by atoms with Crippen LogP contribution in [0, 0.1) is 0 Å². The molecule has 0 spiro atoms. The largest absolute Gasteiger partial charge is 0.347 e. The van der Waals surface area contributed by atoms with Gasteiger partial charge in [-0.1, -0.05) is 6.92 Å². The van der Waals surface area contributed by atoms with E-state index in [0.717, 1.165) is 6.42 Å². The Bertz CT molecular complexity index is 427. The van der Waals surface area contributed by atoms with Crippen molar-refractivity contribution in [3.8, 4) is 0 Å². The van der Waals surface area contributed by atoms with Crippen LogP contribution in [-0.2, 0) is 4.79 Å². The molecule has 0 aliphatic rings. The highest BCUT2D eigenvalue weighted by molar-refractivity contribution is 5.80. The Balaban J connectivity index is 2.90. The van der Waals surface area contributed by atoms with Crippen LogP contribution in [0.15, 0.2) is 17.2 Å². The highest BCUT2D eigenvalue weighted by atomic mass is 16.2. The van der Waals surface area contributed by atoms with Crippen LogP contribution in [0.4, 0.5) is 5.82 Å². The average Bonchev–Trinajstić information content (AvgIpc) is 2.29. The maximum Gasteiger partial charge on any atom is 0.290 e. The van der Waals surface area contributed by atoms with Gasteiger partial charge in [-0.05, 0) is 6.42 Å². The van der Waals surface area contributed by atoms with E-state index in [-0.39, 0.29) is 18.0 Å². The van der Waals surface area contributed by atoms with Crippen molar-refractivity contribution >= 4 is 11.7 Å². The summed E-state index contributed by atoms with van der Waals surface area (Å²) in [6.45, 7) is 2.78. The zero-order chi connectivity index (χ0) is 12.8. The molecule has 1 aromatic heterocycles. The van der Waals surface area contributed by atoms with E-state index in [0.29, 0.717) is 12.4 Å². The van der Waals surface area contributed by atoms with Crippen LogP contribution < -0.4 is 10.5 Å². The number of likely N-dealkylation sites (N-methyl/N-ethyl adjacent to an activating group) is 1. The van der Waals surface area contributed by atoms with Gasteiger partial charge in [0.2, 0.25) is 5.91 Å². The third kappa shape index (κ3) is 3.58. The molecule has 1 aromatic rings. The Kier molecular flexibility index (Phi) is 4.68. The van der Waals surface area contributed by atoms with Crippen LogP contribution >= 0.6 is 0 Å². The van der Waals surface area contributed by atoms with Gasteiger partial charge in [0.25, 0.3) is 5.56 Å². The smallest absolute Gasteiger partial charge is 0.290 e. The van der Waals surface area contributed by atoms with Crippen LogP contribution in [0.25, 0.3) is 0 Å². The van der Waals surface area contributed by atoms with Gasteiger partial charge >= 0.3 is 0 Å². The fourth-order valence-corrected chi connectivity index (χ4v) is 1.40. The van der Waals surface area contributed by atoms with Crippen molar-refractivity contribution < 1.29 is 4.79 Å². The molecule has 1 heterocycles. The van der Waals surface area contributed by atoms with E-state index in [1.807, 2.05) is 6.92 Å². The van der Waals surface area contributed by atoms with E-state index >= 15 is 0 Å². The monoisotopic (exact) mass is 238 g/mol. The van der Waals surface area contributed by atoms with E-state index in [2.05, 4.69) is 9.97 Å². The van der Waals surface area contributed by atoms with Crippen molar-refractivity contribution in [2.75, 3.05) is 32.1 Å². The Labute approximate surface area is 100 Å². The highest BCUT2D eigenvalue weighted by Crippen LogP contribution is 2.03. The standard InChI is InChI=1S/C11H18N4O2/c1-4-7-15(8-9(16)14(2)3)10-11(17)13-6-5-12-10/h5-6H,4,7-8H2,1-3H3,(H,13,17). The van der Waals surface area contributed by atoms with Crippen LogP contribution in [0.1, 0.15) is 13.3 Å². The number of carbonyl (C=O) groups is 1. The summed E-state index contributed by atoms with van der Waals surface area (Å²) in [5, 5.41) is 0. The van der Waals surface area contributed by atoms with Gasteiger partial charge in [-0.3, -0.25) is 9.59 Å². The first-order chi connectivity index (χ1) is 8.06. The summed E-state index contributed by atoms with van der Waals surface area (Å²) in [7, 11) is 3.38. The lowest BCUT2D eigenvalue weighted by molar-refractivity contribution is -0.127. The predicted molar refractivity (Wildman–Crippen MR) is 66.1 cm³/mol. The molecule has 1 amide bonds. The molecule has 17 heavy (non-hydrogen) atoms. The summed E-state index contributed by atoms with van der Waals surface area (Å²) in [6.07, 6.45) is 3.83. The molecule has 0 atom stereocenters. The van der Waals surface area contributed by atoms with Gasteiger partial charge in [-0.15, -0.1) is 0 Å². The van der Waals surface area contributed by atoms with Crippen molar-refractivity contribution in [1.29, 1.82) is 0 Å². The van der Waals surface area contributed by atoms with E-state index in [1.165, 1.54) is 17.3 Å². The van der Waals surface area contributed by atoms with Crippen molar-refractivity contribution in [3.63, 3.8) is 0 Å². The summed E-state index contributed by atoms with van der Waals surface area (Å²) in [6, 6.07) is 0. The predicted octanol–water partition coefficient (Wildman–Crippen LogP) is 0.0745. The molecule has 0 aromatic carbocycles. The third-order valence-corrected chi connectivity index (χ3v) is 2.31. The van der Waals surface area contributed by atoms with Crippen LogP contribution in [0.2, 0.25) is 0 Å².